The molecule has 1 N–H and O–H groups in total. The second-order valence-corrected chi connectivity index (χ2v) is 5.77. The van der Waals surface area contributed by atoms with Gasteiger partial charge >= 0.3 is 5.97 Å². The number of carboxylic acid groups (broad SMARTS) is 1. The summed E-state index contributed by atoms with van der Waals surface area (Å²) in [6, 6.07) is 3.62. The maximum absolute atomic E-state index is 10.7. The number of thioether (sulfide) groups is 1. The molecule has 1 aliphatic carbocycles. The van der Waals surface area contributed by atoms with Crippen LogP contribution in [0, 0.1) is 5.92 Å². The van der Waals surface area contributed by atoms with Crippen molar-refractivity contribution in [3.63, 3.8) is 0 Å². The molecule has 106 valence electrons. The first-order valence-electron chi connectivity index (χ1n) is 6.43. The number of fused-ring (bicyclic) bond motifs is 1. The van der Waals surface area contributed by atoms with Crippen molar-refractivity contribution in [3.05, 3.63) is 12.1 Å². The molecule has 0 spiro atoms. The Hall–Kier alpha value is -1.76. The zero-order valence-electron chi connectivity index (χ0n) is 11.1. The van der Waals surface area contributed by atoms with Gasteiger partial charge in [0.05, 0.1) is 12.9 Å². The fraction of sp³-hybridized carbons (Fsp3) is 0.462. The van der Waals surface area contributed by atoms with E-state index in [0.717, 1.165) is 22.9 Å². The van der Waals surface area contributed by atoms with E-state index in [1.807, 2.05) is 10.6 Å². The summed E-state index contributed by atoms with van der Waals surface area (Å²) in [6.07, 6.45) is 2.43. The van der Waals surface area contributed by atoms with Crippen LogP contribution >= 0.6 is 11.8 Å². The van der Waals surface area contributed by atoms with Gasteiger partial charge < -0.3 is 14.4 Å². The number of aliphatic carboxylic acids is 1. The average Bonchev–Trinajstić information content (AvgIpc) is 3.18. The number of hydrogen-bond donors (Lipinski definition) is 1. The van der Waals surface area contributed by atoms with E-state index in [0.29, 0.717) is 11.8 Å². The second kappa shape index (κ2) is 5.32. The SMILES string of the molecule is COc1ccc2nc(SCC(=O)O)n(CC3CC3)c2n1. The molecule has 0 bridgehead atoms. The van der Waals surface area contributed by atoms with Crippen LogP contribution in [0.2, 0.25) is 0 Å². The zero-order valence-corrected chi connectivity index (χ0v) is 11.9. The predicted octanol–water partition coefficient (Wildman–Crippen LogP) is 2.03. The molecule has 2 aromatic heterocycles. The molecule has 1 aliphatic rings. The first-order valence-corrected chi connectivity index (χ1v) is 7.42. The lowest BCUT2D eigenvalue weighted by Gasteiger charge is -2.06. The molecule has 6 nitrogen and oxygen atoms in total. The van der Waals surface area contributed by atoms with Crippen molar-refractivity contribution in [1.82, 2.24) is 14.5 Å². The number of methoxy groups -OCH3 is 1. The summed E-state index contributed by atoms with van der Waals surface area (Å²) in [5.41, 5.74) is 1.54. The highest BCUT2D eigenvalue weighted by Crippen LogP contribution is 2.34. The van der Waals surface area contributed by atoms with Crippen LogP contribution in [0.3, 0.4) is 0 Å². The van der Waals surface area contributed by atoms with Crippen molar-refractivity contribution in [1.29, 1.82) is 0 Å². The summed E-state index contributed by atoms with van der Waals surface area (Å²) in [7, 11) is 1.58. The molecule has 0 atom stereocenters. The van der Waals surface area contributed by atoms with Crippen LogP contribution in [0.15, 0.2) is 17.3 Å². The molecular formula is C13H15N3O3S. The van der Waals surface area contributed by atoms with Crippen molar-refractivity contribution in [2.75, 3.05) is 12.9 Å². The third-order valence-electron chi connectivity index (χ3n) is 3.20. The number of nitrogens with zero attached hydrogens (tertiary/aromatic N) is 3. The third-order valence-corrected chi connectivity index (χ3v) is 4.16. The minimum Gasteiger partial charge on any atom is -0.481 e. The summed E-state index contributed by atoms with van der Waals surface area (Å²) in [5.74, 6) is 0.366. The van der Waals surface area contributed by atoms with Crippen LogP contribution in [0.5, 0.6) is 5.88 Å². The van der Waals surface area contributed by atoms with Gasteiger partial charge in [0.2, 0.25) is 5.88 Å². The Morgan fingerprint density at radius 1 is 1.50 bits per heavy atom. The first kappa shape index (κ1) is 13.2. The van der Waals surface area contributed by atoms with Crippen LogP contribution in [0.25, 0.3) is 11.2 Å². The van der Waals surface area contributed by atoms with E-state index in [9.17, 15) is 4.79 Å². The van der Waals surface area contributed by atoms with Crippen LogP contribution < -0.4 is 4.74 Å². The van der Waals surface area contributed by atoms with E-state index in [1.54, 1.807) is 13.2 Å². The van der Waals surface area contributed by atoms with Crippen LogP contribution in [0.1, 0.15) is 12.8 Å². The van der Waals surface area contributed by atoms with Crippen molar-refractivity contribution >= 4 is 28.9 Å². The molecular weight excluding hydrogens is 278 g/mol. The first-order chi connectivity index (χ1) is 9.67. The van der Waals surface area contributed by atoms with Crippen LogP contribution in [-0.2, 0) is 11.3 Å². The molecule has 1 fully saturated rings. The Labute approximate surface area is 120 Å². The minimum atomic E-state index is -0.842. The zero-order chi connectivity index (χ0) is 14.1. The fourth-order valence-corrected chi connectivity index (χ4v) is 2.77. The smallest absolute Gasteiger partial charge is 0.313 e. The molecule has 0 radical (unpaired) electrons. The number of carboxylic acids is 1. The van der Waals surface area contributed by atoms with Crippen molar-refractivity contribution in [3.8, 4) is 5.88 Å². The van der Waals surface area contributed by atoms with Gasteiger partial charge in [-0.15, -0.1) is 0 Å². The monoisotopic (exact) mass is 293 g/mol. The maximum Gasteiger partial charge on any atom is 0.313 e. The molecule has 7 heteroatoms. The number of rotatable bonds is 6. The lowest BCUT2D eigenvalue weighted by Crippen LogP contribution is -2.05. The minimum absolute atomic E-state index is 0.00508. The Balaban J connectivity index is 1.99. The van der Waals surface area contributed by atoms with E-state index in [1.165, 1.54) is 24.6 Å². The molecule has 0 saturated heterocycles. The van der Waals surface area contributed by atoms with Gasteiger partial charge in [0, 0.05) is 12.6 Å². The number of carbonyl (C=O) groups is 1. The van der Waals surface area contributed by atoms with Crippen molar-refractivity contribution in [2.45, 2.75) is 24.5 Å². The lowest BCUT2D eigenvalue weighted by atomic mass is 10.4. The van der Waals surface area contributed by atoms with E-state index >= 15 is 0 Å². The molecule has 0 amide bonds. The van der Waals surface area contributed by atoms with Gasteiger partial charge in [-0.05, 0) is 24.8 Å². The van der Waals surface area contributed by atoms with Gasteiger partial charge in [-0.3, -0.25) is 4.79 Å². The van der Waals surface area contributed by atoms with E-state index in [2.05, 4.69) is 9.97 Å². The summed E-state index contributed by atoms with van der Waals surface area (Å²) < 4.78 is 7.17. The molecule has 0 unspecified atom stereocenters. The standard InChI is InChI=1S/C13H15N3O3S/c1-19-10-5-4-9-12(15-10)16(6-8-2-3-8)13(14-9)20-7-11(17)18/h4-5,8H,2-3,6-7H2,1H3,(H,17,18). The fourth-order valence-electron chi connectivity index (χ4n) is 2.04. The summed E-state index contributed by atoms with van der Waals surface area (Å²) in [6.45, 7) is 0.846. The molecule has 2 aromatic rings. The lowest BCUT2D eigenvalue weighted by molar-refractivity contribution is -0.133. The number of ether oxygens (including phenoxy) is 1. The van der Waals surface area contributed by atoms with Gasteiger partial charge in [-0.1, -0.05) is 11.8 Å². The Kier molecular flexibility index (Phi) is 3.52. The average molecular weight is 293 g/mol. The topological polar surface area (TPSA) is 77.2 Å². The van der Waals surface area contributed by atoms with Crippen LogP contribution in [0.4, 0.5) is 0 Å². The highest BCUT2D eigenvalue weighted by atomic mass is 32.2. The van der Waals surface area contributed by atoms with Gasteiger partial charge in [0.1, 0.15) is 5.52 Å². The number of imidazole rings is 1. The van der Waals surface area contributed by atoms with Crippen molar-refractivity contribution < 1.29 is 14.6 Å². The highest BCUT2D eigenvalue weighted by molar-refractivity contribution is 7.99. The molecule has 3 rings (SSSR count). The molecule has 1 saturated carbocycles. The Morgan fingerprint density at radius 2 is 2.30 bits per heavy atom. The van der Waals surface area contributed by atoms with Gasteiger partial charge in [-0.25, -0.2) is 4.98 Å². The molecule has 0 aromatic carbocycles. The number of aromatic nitrogens is 3. The Bertz CT molecular complexity index is 652. The molecule has 0 aliphatic heterocycles. The molecule has 20 heavy (non-hydrogen) atoms. The van der Waals surface area contributed by atoms with Gasteiger partial charge in [-0.2, -0.15) is 4.98 Å². The summed E-state index contributed by atoms with van der Waals surface area (Å²) in [4.78, 5) is 19.7. The summed E-state index contributed by atoms with van der Waals surface area (Å²) in [5, 5.41) is 9.54. The normalized spacial score (nSPS) is 14.7. The van der Waals surface area contributed by atoms with E-state index < -0.39 is 5.97 Å². The quantitative estimate of drug-likeness (QED) is 0.821. The number of hydrogen-bond acceptors (Lipinski definition) is 5. The summed E-state index contributed by atoms with van der Waals surface area (Å²) >= 11 is 1.24. The second-order valence-electron chi connectivity index (χ2n) is 4.83. The Morgan fingerprint density at radius 3 is 2.95 bits per heavy atom. The van der Waals surface area contributed by atoms with E-state index in [4.69, 9.17) is 9.84 Å². The van der Waals surface area contributed by atoms with Crippen molar-refractivity contribution in [2.24, 2.45) is 5.92 Å². The largest absolute Gasteiger partial charge is 0.481 e. The van der Waals surface area contributed by atoms with Crippen LogP contribution in [-0.4, -0.2) is 38.5 Å². The maximum atomic E-state index is 10.7. The van der Waals surface area contributed by atoms with Gasteiger partial charge in [0.25, 0.3) is 0 Å². The van der Waals surface area contributed by atoms with Gasteiger partial charge in [0.15, 0.2) is 10.8 Å². The molecule has 2 heterocycles. The third kappa shape index (κ3) is 2.72. The predicted molar refractivity (Wildman–Crippen MR) is 75.2 cm³/mol. The van der Waals surface area contributed by atoms with E-state index in [-0.39, 0.29) is 5.75 Å². The number of pyridine rings is 1. The highest BCUT2D eigenvalue weighted by Gasteiger charge is 2.25.